The quantitative estimate of drug-likeness (QED) is 0.433. The number of aryl methyl sites for hydroxylation is 1. The second-order valence-corrected chi connectivity index (χ2v) is 7.45. The number of rotatable bonds is 12. The fourth-order valence-corrected chi connectivity index (χ4v) is 3.62. The first-order valence-corrected chi connectivity index (χ1v) is 10.6. The Bertz CT molecular complexity index is 662. The van der Waals surface area contributed by atoms with Crippen molar-refractivity contribution in [3.63, 3.8) is 0 Å². The third-order valence-corrected chi connectivity index (χ3v) is 5.29. The number of ether oxygens (including phenoxy) is 1. The lowest BCUT2D eigenvalue weighted by atomic mass is 10.1. The van der Waals surface area contributed by atoms with Gasteiger partial charge in [-0.25, -0.2) is 0 Å². The first-order chi connectivity index (χ1) is 13.2. The summed E-state index contributed by atoms with van der Waals surface area (Å²) in [6, 6.07) is 18.5. The maximum absolute atomic E-state index is 12.6. The Balaban J connectivity index is 1.77. The molecule has 27 heavy (non-hydrogen) atoms. The summed E-state index contributed by atoms with van der Waals surface area (Å²) in [5.74, 6) is 1.63. The molecule has 1 unspecified atom stereocenters. The second-order valence-electron chi connectivity index (χ2n) is 6.42. The number of amides is 1. The fourth-order valence-electron chi connectivity index (χ4n) is 2.57. The molecular formula is C22H30N2O2S. The molecule has 1 atom stereocenters. The molecule has 0 bridgehead atoms. The molecule has 0 aromatic heterocycles. The monoisotopic (exact) mass is 386 g/mol. The standard InChI is InChI=1S/C22H30N2O2S/c1-3-26-17-24-21(16-27-15-20-7-5-4-6-8-20)22(25)23-14-13-19-11-9-18(2)10-12-19/h4-12,21,24H,3,13-17H2,1-2H3,(H,23,25). The van der Waals surface area contributed by atoms with Crippen molar-refractivity contribution >= 4 is 17.7 Å². The Morgan fingerprint density at radius 1 is 1.07 bits per heavy atom. The van der Waals surface area contributed by atoms with Crippen molar-refractivity contribution in [2.24, 2.45) is 0 Å². The van der Waals surface area contributed by atoms with Crippen LogP contribution in [0.2, 0.25) is 0 Å². The molecule has 0 aliphatic carbocycles. The van der Waals surface area contributed by atoms with E-state index in [9.17, 15) is 4.79 Å². The van der Waals surface area contributed by atoms with Crippen LogP contribution in [0.5, 0.6) is 0 Å². The highest BCUT2D eigenvalue weighted by Gasteiger charge is 2.17. The van der Waals surface area contributed by atoms with Crippen LogP contribution in [0, 0.1) is 6.92 Å². The van der Waals surface area contributed by atoms with Crippen LogP contribution in [0.3, 0.4) is 0 Å². The predicted octanol–water partition coefficient (Wildman–Crippen LogP) is 3.54. The maximum atomic E-state index is 12.6. The average molecular weight is 387 g/mol. The number of carbonyl (C=O) groups excluding carboxylic acids is 1. The van der Waals surface area contributed by atoms with E-state index in [4.69, 9.17) is 4.74 Å². The van der Waals surface area contributed by atoms with Crippen LogP contribution in [0.25, 0.3) is 0 Å². The highest BCUT2D eigenvalue weighted by Crippen LogP contribution is 2.13. The summed E-state index contributed by atoms with van der Waals surface area (Å²) in [6.45, 7) is 5.68. The van der Waals surface area contributed by atoms with Crippen molar-refractivity contribution < 1.29 is 9.53 Å². The number of carbonyl (C=O) groups is 1. The van der Waals surface area contributed by atoms with Crippen molar-refractivity contribution in [3.8, 4) is 0 Å². The third kappa shape index (κ3) is 8.61. The van der Waals surface area contributed by atoms with Crippen LogP contribution >= 0.6 is 11.8 Å². The zero-order chi connectivity index (χ0) is 19.3. The Labute approximate surface area is 167 Å². The van der Waals surface area contributed by atoms with Crippen molar-refractivity contribution in [2.45, 2.75) is 32.1 Å². The third-order valence-electron chi connectivity index (χ3n) is 4.18. The number of hydrogen-bond acceptors (Lipinski definition) is 4. The fraction of sp³-hybridized carbons (Fsp3) is 0.409. The minimum absolute atomic E-state index is 0.0300. The zero-order valence-corrected chi connectivity index (χ0v) is 17.1. The smallest absolute Gasteiger partial charge is 0.238 e. The normalized spacial score (nSPS) is 11.9. The van der Waals surface area contributed by atoms with Gasteiger partial charge in [0, 0.05) is 24.7 Å². The Hall–Kier alpha value is -1.82. The molecule has 2 aromatic rings. The van der Waals surface area contributed by atoms with Crippen LogP contribution in [0.1, 0.15) is 23.6 Å². The van der Waals surface area contributed by atoms with E-state index in [-0.39, 0.29) is 11.9 Å². The van der Waals surface area contributed by atoms with E-state index < -0.39 is 0 Å². The first-order valence-electron chi connectivity index (χ1n) is 9.45. The van der Waals surface area contributed by atoms with Crippen molar-refractivity contribution in [3.05, 3.63) is 71.3 Å². The van der Waals surface area contributed by atoms with Crippen molar-refractivity contribution in [1.29, 1.82) is 0 Å². The molecule has 2 N–H and O–H groups in total. The molecule has 4 nitrogen and oxygen atoms in total. The van der Waals surface area contributed by atoms with Crippen LogP contribution in [-0.2, 0) is 21.7 Å². The van der Waals surface area contributed by atoms with Gasteiger partial charge in [-0.05, 0) is 31.4 Å². The van der Waals surface area contributed by atoms with Crippen LogP contribution in [0.4, 0.5) is 0 Å². The molecule has 0 saturated carbocycles. The summed E-state index contributed by atoms with van der Waals surface area (Å²) in [7, 11) is 0. The lowest BCUT2D eigenvalue weighted by molar-refractivity contribution is -0.123. The number of nitrogens with one attached hydrogen (secondary N) is 2. The molecule has 146 valence electrons. The van der Waals surface area contributed by atoms with Gasteiger partial charge in [-0.1, -0.05) is 60.2 Å². The topological polar surface area (TPSA) is 50.4 Å². The predicted molar refractivity (Wildman–Crippen MR) is 114 cm³/mol. The Morgan fingerprint density at radius 3 is 2.52 bits per heavy atom. The van der Waals surface area contributed by atoms with Crippen molar-refractivity contribution in [1.82, 2.24) is 10.6 Å². The van der Waals surface area contributed by atoms with Gasteiger partial charge in [0.25, 0.3) is 0 Å². The van der Waals surface area contributed by atoms with E-state index in [1.807, 2.05) is 25.1 Å². The van der Waals surface area contributed by atoms with Gasteiger partial charge in [0.15, 0.2) is 0 Å². The number of thioether (sulfide) groups is 1. The minimum Gasteiger partial charge on any atom is -0.367 e. The maximum Gasteiger partial charge on any atom is 0.238 e. The first kappa shape index (κ1) is 21.5. The highest BCUT2D eigenvalue weighted by atomic mass is 32.2. The molecule has 5 heteroatoms. The molecule has 1 amide bonds. The van der Waals surface area contributed by atoms with E-state index in [1.165, 1.54) is 16.7 Å². The summed E-state index contributed by atoms with van der Waals surface area (Å²) >= 11 is 1.75. The Kier molecular flexibility index (Phi) is 9.98. The minimum atomic E-state index is -0.261. The lowest BCUT2D eigenvalue weighted by Gasteiger charge is -2.18. The molecule has 0 heterocycles. The SMILES string of the molecule is CCOCNC(CSCc1ccccc1)C(=O)NCCc1ccc(C)cc1. The van der Waals surface area contributed by atoms with Gasteiger partial charge >= 0.3 is 0 Å². The summed E-state index contributed by atoms with van der Waals surface area (Å²) in [4.78, 5) is 12.6. The second kappa shape index (κ2) is 12.5. The van der Waals surface area contributed by atoms with E-state index in [0.717, 1.165) is 12.2 Å². The van der Waals surface area contributed by atoms with E-state index in [2.05, 4.69) is 54.0 Å². The van der Waals surface area contributed by atoms with Gasteiger partial charge < -0.3 is 10.1 Å². The molecule has 0 aliphatic rings. The molecule has 0 fully saturated rings. The van der Waals surface area contributed by atoms with Gasteiger partial charge in [0.05, 0.1) is 12.8 Å². The number of benzene rings is 2. The number of hydrogen-bond donors (Lipinski definition) is 2. The lowest BCUT2D eigenvalue weighted by Crippen LogP contribution is -2.47. The van der Waals surface area contributed by atoms with Gasteiger partial charge in [-0.3, -0.25) is 10.1 Å². The van der Waals surface area contributed by atoms with E-state index in [1.54, 1.807) is 11.8 Å². The molecule has 0 radical (unpaired) electrons. The van der Waals surface area contributed by atoms with E-state index >= 15 is 0 Å². The zero-order valence-electron chi connectivity index (χ0n) is 16.2. The van der Waals surface area contributed by atoms with Gasteiger partial charge in [-0.2, -0.15) is 11.8 Å². The average Bonchev–Trinajstić information content (AvgIpc) is 2.69. The summed E-state index contributed by atoms with van der Waals surface area (Å²) in [6.07, 6.45) is 0.835. The van der Waals surface area contributed by atoms with Gasteiger partial charge in [0.2, 0.25) is 5.91 Å². The summed E-state index contributed by atoms with van der Waals surface area (Å²) in [5, 5.41) is 6.26. The molecular weight excluding hydrogens is 356 g/mol. The van der Waals surface area contributed by atoms with E-state index in [0.29, 0.717) is 25.6 Å². The van der Waals surface area contributed by atoms with Gasteiger partial charge in [-0.15, -0.1) is 0 Å². The van der Waals surface area contributed by atoms with Crippen molar-refractivity contribution in [2.75, 3.05) is 25.6 Å². The molecule has 2 aromatic carbocycles. The van der Waals surface area contributed by atoms with Crippen LogP contribution < -0.4 is 10.6 Å². The molecule has 2 rings (SSSR count). The molecule has 0 spiro atoms. The molecule has 0 aliphatic heterocycles. The van der Waals surface area contributed by atoms with Gasteiger partial charge in [0.1, 0.15) is 0 Å². The van der Waals surface area contributed by atoms with Crippen LogP contribution in [0.15, 0.2) is 54.6 Å². The Morgan fingerprint density at radius 2 is 1.81 bits per heavy atom. The highest BCUT2D eigenvalue weighted by molar-refractivity contribution is 7.98. The largest absolute Gasteiger partial charge is 0.367 e. The summed E-state index contributed by atoms with van der Waals surface area (Å²) in [5.41, 5.74) is 3.75. The molecule has 0 saturated heterocycles. The van der Waals surface area contributed by atoms with Crippen LogP contribution in [-0.4, -0.2) is 37.6 Å². The summed E-state index contributed by atoms with van der Waals surface area (Å²) < 4.78 is 5.36.